The van der Waals surface area contributed by atoms with Crippen LogP contribution in [0.3, 0.4) is 0 Å². The van der Waals surface area contributed by atoms with E-state index in [4.69, 9.17) is 0 Å². The minimum atomic E-state index is -0.954. The fourth-order valence-corrected chi connectivity index (χ4v) is 2.88. The molecule has 24 heavy (non-hydrogen) atoms. The second-order valence-electron chi connectivity index (χ2n) is 6.32. The van der Waals surface area contributed by atoms with Gasteiger partial charge in [-0.05, 0) is 68.1 Å². The van der Waals surface area contributed by atoms with Gasteiger partial charge < -0.3 is 10.6 Å². The molecule has 4 nitrogen and oxygen atoms in total. The molecule has 1 saturated carbocycles. The molecule has 0 heterocycles. The molecule has 2 aromatic rings. The van der Waals surface area contributed by atoms with E-state index in [9.17, 15) is 9.59 Å². The number of carbonyl (C=O) groups excluding carboxylic acids is 2. The molecule has 2 aromatic carbocycles. The van der Waals surface area contributed by atoms with Gasteiger partial charge in [0.15, 0.2) is 0 Å². The first-order chi connectivity index (χ1) is 11.4. The number of rotatable bonds is 4. The number of aryl methyl sites for hydroxylation is 2. The minimum absolute atomic E-state index is 0.237. The molecule has 1 fully saturated rings. The monoisotopic (exact) mass is 386 g/mol. The second-order valence-corrected chi connectivity index (χ2v) is 7.18. The zero-order chi connectivity index (χ0) is 17.3. The summed E-state index contributed by atoms with van der Waals surface area (Å²) >= 11 is 3.44. The maximum Gasteiger partial charge on any atom is 0.240 e. The van der Waals surface area contributed by atoms with Crippen LogP contribution in [0.1, 0.15) is 24.0 Å². The van der Waals surface area contributed by atoms with Gasteiger partial charge in [0.2, 0.25) is 11.8 Å². The molecule has 2 amide bonds. The third-order valence-electron chi connectivity index (χ3n) is 4.31. The Bertz CT molecular complexity index is 813. The molecule has 1 aliphatic rings. The molecule has 0 saturated heterocycles. The lowest BCUT2D eigenvalue weighted by atomic mass is 10.0. The van der Waals surface area contributed by atoms with Crippen LogP contribution in [0.4, 0.5) is 11.4 Å². The zero-order valence-corrected chi connectivity index (χ0v) is 15.2. The number of hydrogen-bond donors (Lipinski definition) is 2. The lowest BCUT2D eigenvalue weighted by molar-refractivity contribution is -0.131. The molecule has 0 atom stereocenters. The van der Waals surface area contributed by atoms with Gasteiger partial charge in [-0.15, -0.1) is 0 Å². The van der Waals surface area contributed by atoms with E-state index in [1.54, 1.807) is 0 Å². The van der Waals surface area contributed by atoms with Crippen molar-refractivity contribution in [1.82, 2.24) is 0 Å². The standard InChI is InChI=1S/C19H19BrN2O2/c1-12-4-3-5-14(10-12)21-17(23)19(8-9-19)18(24)22-15-6-7-16(20)13(2)11-15/h3-7,10-11H,8-9H2,1-2H3,(H,21,23)(H,22,24). The first kappa shape index (κ1) is 16.7. The minimum Gasteiger partial charge on any atom is -0.325 e. The summed E-state index contributed by atoms with van der Waals surface area (Å²) in [6.45, 7) is 3.92. The molecule has 0 aliphatic heterocycles. The maximum atomic E-state index is 12.6. The highest BCUT2D eigenvalue weighted by Gasteiger charge is 2.56. The number of amides is 2. The largest absolute Gasteiger partial charge is 0.325 e. The Hall–Kier alpha value is -2.14. The van der Waals surface area contributed by atoms with Crippen molar-refractivity contribution >= 4 is 39.1 Å². The predicted molar refractivity (Wildman–Crippen MR) is 99.0 cm³/mol. The summed E-state index contributed by atoms with van der Waals surface area (Å²) in [7, 11) is 0. The quantitative estimate of drug-likeness (QED) is 0.763. The Morgan fingerprint density at radius 1 is 0.958 bits per heavy atom. The first-order valence-electron chi connectivity index (χ1n) is 7.86. The molecular formula is C19H19BrN2O2. The summed E-state index contributed by atoms with van der Waals surface area (Å²) in [5, 5.41) is 5.74. The highest BCUT2D eigenvalue weighted by Crippen LogP contribution is 2.47. The molecule has 124 valence electrons. The Kier molecular flexibility index (Phi) is 4.45. The molecule has 5 heteroatoms. The lowest BCUT2D eigenvalue weighted by Gasteiger charge is -2.16. The summed E-state index contributed by atoms with van der Waals surface area (Å²) in [5.74, 6) is -0.478. The van der Waals surface area contributed by atoms with Gasteiger partial charge in [-0.3, -0.25) is 9.59 Å². The van der Waals surface area contributed by atoms with Gasteiger partial charge in [-0.25, -0.2) is 0 Å². The molecule has 0 radical (unpaired) electrons. The van der Waals surface area contributed by atoms with Crippen molar-refractivity contribution in [3.63, 3.8) is 0 Å². The number of carbonyl (C=O) groups is 2. The lowest BCUT2D eigenvalue weighted by Crippen LogP contribution is -2.35. The number of anilines is 2. The normalized spacial score (nSPS) is 14.8. The molecule has 3 rings (SSSR count). The van der Waals surface area contributed by atoms with Gasteiger partial charge in [-0.1, -0.05) is 28.1 Å². The van der Waals surface area contributed by atoms with Gasteiger partial charge >= 0.3 is 0 Å². The second kappa shape index (κ2) is 6.40. The van der Waals surface area contributed by atoms with E-state index in [1.807, 2.05) is 56.3 Å². The zero-order valence-electron chi connectivity index (χ0n) is 13.7. The van der Waals surface area contributed by atoms with Crippen molar-refractivity contribution in [3.05, 3.63) is 58.1 Å². The number of benzene rings is 2. The SMILES string of the molecule is Cc1cccc(NC(=O)C2(C(=O)Nc3ccc(Br)c(C)c3)CC2)c1. The van der Waals surface area contributed by atoms with Crippen LogP contribution in [-0.4, -0.2) is 11.8 Å². The van der Waals surface area contributed by atoms with Crippen molar-refractivity contribution in [1.29, 1.82) is 0 Å². The average Bonchev–Trinajstić information content (AvgIpc) is 3.33. The summed E-state index contributed by atoms with van der Waals surface area (Å²) in [6.07, 6.45) is 1.15. The van der Waals surface area contributed by atoms with E-state index in [0.717, 1.165) is 21.3 Å². The third-order valence-corrected chi connectivity index (χ3v) is 5.20. The van der Waals surface area contributed by atoms with E-state index in [-0.39, 0.29) is 11.8 Å². The Balaban J connectivity index is 1.71. The van der Waals surface area contributed by atoms with Crippen LogP contribution in [0.15, 0.2) is 46.9 Å². The van der Waals surface area contributed by atoms with Gasteiger partial charge in [0, 0.05) is 15.8 Å². The third kappa shape index (κ3) is 3.36. The van der Waals surface area contributed by atoms with E-state index in [1.165, 1.54) is 0 Å². The van der Waals surface area contributed by atoms with Crippen LogP contribution >= 0.6 is 15.9 Å². The average molecular weight is 387 g/mol. The summed E-state index contributed by atoms with van der Waals surface area (Å²) < 4.78 is 0.985. The van der Waals surface area contributed by atoms with Crippen molar-refractivity contribution in [3.8, 4) is 0 Å². The number of halogens is 1. The van der Waals surface area contributed by atoms with Crippen LogP contribution < -0.4 is 10.6 Å². The van der Waals surface area contributed by atoms with E-state index >= 15 is 0 Å². The fourth-order valence-electron chi connectivity index (χ4n) is 2.63. The molecule has 0 aromatic heterocycles. The van der Waals surface area contributed by atoms with E-state index in [2.05, 4.69) is 26.6 Å². The van der Waals surface area contributed by atoms with Crippen LogP contribution in [0.5, 0.6) is 0 Å². The van der Waals surface area contributed by atoms with Gasteiger partial charge in [0.05, 0.1) is 0 Å². The first-order valence-corrected chi connectivity index (χ1v) is 8.66. The molecule has 0 unspecified atom stereocenters. The fraction of sp³-hybridized carbons (Fsp3) is 0.263. The number of hydrogen-bond acceptors (Lipinski definition) is 2. The summed E-state index contributed by atoms with van der Waals surface area (Å²) in [5.41, 5.74) is 2.56. The molecule has 2 N–H and O–H groups in total. The Labute approximate surface area is 149 Å². The van der Waals surface area contributed by atoms with Crippen molar-refractivity contribution in [2.24, 2.45) is 5.41 Å². The summed E-state index contributed by atoms with van der Waals surface area (Å²) in [6, 6.07) is 13.2. The Morgan fingerprint density at radius 2 is 1.58 bits per heavy atom. The van der Waals surface area contributed by atoms with Gasteiger partial charge in [0.1, 0.15) is 5.41 Å². The van der Waals surface area contributed by atoms with Crippen LogP contribution in [0.25, 0.3) is 0 Å². The predicted octanol–water partition coefficient (Wildman–Crippen LogP) is 4.42. The van der Waals surface area contributed by atoms with Crippen molar-refractivity contribution in [2.45, 2.75) is 26.7 Å². The maximum absolute atomic E-state index is 12.6. The number of nitrogens with one attached hydrogen (secondary N) is 2. The van der Waals surface area contributed by atoms with Gasteiger partial charge in [-0.2, -0.15) is 0 Å². The Morgan fingerprint density at radius 3 is 2.12 bits per heavy atom. The van der Waals surface area contributed by atoms with Gasteiger partial charge in [0.25, 0.3) is 0 Å². The van der Waals surface area contributed by atoms with E-state index < -0.39 is 5.41 Å². The van der Waals surface area contributed by atoms with Crippen LogP contribution in [0, 0.1) is 19.3 Å². The molecule has 0 spiro atoms. The topological polar surface area (TPSA) is 58.2 Å². The molecule has 0 bridgehead atoms. The highest BCUT2D eigenvalue weighted by molar-refractivity contribution is 9.10. The van der Waals surface area contributed by atoms with Crippen LogP contribution in [-0.2, 0) is 9.59 Å². The van der Waals surface area contributed by atoms with Crippen molar-refractivity contribution < 1.29 is 9.59 Å². The van der Waals surface area contributed by atoms with Crippen molar-refractivity contribution in [2.75, 3.05) is 10.6 Å². The molecular weight excluding hydrogens is 368 g/mol. The van der Waals surface area contributed by atoms with Crippen LogP contribution in [0.2, 0.25) is 0 Å². The molecule has 1 aliphatic carbocycles. The smallest absolute Gasteiger partial charge is 0.240 e. The highest BCUT2D eigenvalue weighted by atomic mass is 79.9. The van der Waals surface area contributed by atoms with E-state index in [0.29, 0.717) is 18.5 Å². The summed E-state index contributed by atoms with van der Waals surface area (Å²) in [4.78, 5) is 25.2.